The Hall–Kier alpha value is -3.40. The fourth-order valence-corrected chi connectivity index (χ4v) is 4.54. The number of rotatable bonds is 2. The summed E-state index contributed by atoms with van der Waals surface area (Å²) in [6.45, 7) is 3.03. The van der Waals surface area contributed by atoms with Crippen molar-refractivity contribution in [1.29, 1.82) is 0 Å². The Labute approximate surface area is 190 Å². The molecule has 7 rings (SSSR count). The zero-order chi connectivity index (χ0) is 22.5. The highest BCUT2D eigenvalue weighted by Crippen LogP contribution is 2.30. The van der Waals surface area contributed by atoms with Crippen LogP contribution in [0.4, 0.5) is 0 Å². The van der Waals surface area contributed by atoms with E-state index >= 15 is 0 Å². The molecule has 2 atom stereocenters. The van der Waals surface area contributed by atoms with Crippen molar-refractivity contribution in [1.82, 2.24) is 10.6 Å². The molecule has 0 unspecified atom stereocenters. The Kier molecular flexibility index (Phi) is 6.69. The molecule has 3 aromatic rings. The maximum absolute atomic E-state index is 12.1. The van der Waals surface area contributed by atoms with Crippen LogP contribution in [0.2, 0.25) is 0 Å². The third-order valence-electron chi connectivity index (χ3n) is 6.21. The number of hydrogen-bond donors (Lipinski definition) is 2. The molecule has 4 aliphatic carbocycles. The van der Waals surface area contributed by atoms with Crippen LogP contribution in [0.3, 0.4) is 0 Å². The van der Waals surface area contributed by atoms with Gasteiger partial charge in [0.15, 0.2) is 0 Å². The summed E-state index contributed by atoms with van der Waals surface area (Å²) in [5.74, 6) is -0.255. The van der Waals surface area contributed by atoms with Crippen molar-refractivity contribution in [2.24, 2.45) is 0 Å². The normalized spacial score (nSPS) is 18.1. The van der Waals surface area contributed by atoms with Gasteiger partial charge in [0.25, 0.3) is 0 Å². The van der Waals surface area contributed by atoms with Crippen molar-refractivity contribution < 1.29 is 9.59 Å². The molecule has 0 spiro atoms. The van der Waals surface area contributed by atoms with E-state index in [2.05, 4.69) is 83.4 Å². The topological polar surface area (TPSA) is 58.2 Å². The molecule has 0 radical (unpaired) electrons. The Balaban J connectivity index is 1.78. The standard InChI is InChI=1S/C28H30N2O2/c1-19(31)29-27-25-15-9-21(10-16-25)7-13-23-5-3-4-6-24(23)14-8-22-11-17-26(18-12-22)28(27)30-20(2)32/h3-6,9-12,15-18,27-28H,7-8,13-14H2,1-2H3,(H,29,31)(H,30,32)/t27-,28-/m0/s1. The highest BCUT2D eigenvalue weighted by Gasteiger charge is 2.26. The second kappa shape index (κ2) is 9.82. The Morgan fingerprint density at radius 3 is 1.31 bits per heavy atom. The second-order valence-electron chi connectivity index (χ2n) is 8.61. The molecule has 0 aliphatic heterocycles. The minimum absolute atomic E-state index is 0.128. The highest BCUT2D eigenvalue weighted by molar-refractivity contribution is 5.75. The van der Waals surface area contributed by atoms with Gasteiger partial charge in [-0.15, -0.1) is 0 Å². The Bertz CT molecular complexity index is 999. The fraction of sp³-hybridized carbons (Fsp3) is 0.286. The average molecular weight is 427 g/mol. The van der Waals surface area contributed by atoms with Crippen molar-refractivity contribution in [2.75, 3.05) is 0 Å². The van der Waals surface area contributed by atoms with Gasteiger partial charge in [-0.1, -0.05) is 72.8 Å². The van der Waals surface area contributed by atoms with E-state index in [0.717, 1.165) is 36.8 Å². The van der Waals surface area contributed by atoms with E-state index in [0.29, 0.717) is 0 Å². The van der Waals surface area contributed by atoms with Gasteiger partial charge >= 0.3 is 0 Å². The predicted molar refractivity (Wildman–Crippen MR) is 127 cm³/mol. The lowest BCUT2D eigenvalue weighted by molar-refractivity contribution is -0.122. The van der Waals surface area contributed by atoms with Crippen LogP contribution in [0.15, 0.2) is 72.8 Å². The third-order valence-corrected chi connectivity index (χ3v) is 6.21. The van der Waals surface area contributed by atoms with Gasteiger partial charge in [-0.25, -0.2) is 0 Å². The number of aryl methyl sites for hydroxylation is 4. The second-order valence-corrected chi connectivity index (χ2v) is 8.61. The summed E-state index contributed by atoms with van der Waals surface area (Å²) in [5, 5.41) is 6.12. The van der Waals surface area contributed by atoms with Gasteiger partial charge in [-0.3, -0.25) is 9.59 Å². The maximum atomic E-state index is 12.1. The summed E-state index contributed by atoms with van der Waals surface area (Å²) in [6.07, 6.45) is 3.92. The van der Waals surface area contributed by atoms with Gasteiger partial charge in [-0.2, -0.15) is 0 Å². The van der Waals surface area contributed by atoms with E-state index in [1.165, 1.54) is 36.1 Å². The number of nitrogens with one attached hydrogen (secondary N) is 2. The first-order chi connectivity index (χ1) is 15.5. The predicted octanol–water partition coefficient (Wildman–Crippen LogP) is 4.63. The lowest BCUT2D eigenvalue weighted by atomic mass is 9.89. The number of benzene rings is 3. The molecular weight excluding hydrogens is 396 g/mol. The van der Waals surface area contributed by atoms with Crippen LogP contribution < -0.4 is 10.6 Å². The van der Waals surface area contributed by atoms with Gasteiger partial charge < -0.3 is 10.6 Å². The van der Waals surface area contributed by atoms with Crippen molar-refractivity contribution in [3.8, 4) is 0 Å². The minimum Gasteiger partial charge on any atom is -0.347 e. The molecule has 0 fully saturated rings. The van der Waals surface area contributed by atoms with Crippen molar-refractivity contribution in [2.45, 2.75) is 51.6 Å². The van der Waals surface area contributed by atoms with Crippen molar-refractivity contribution in [3.05, 3.63) is 106 Å². The Morgan fingerprint density at radius 2 is 0.969 bits per heavy atom. The zero-order valence-electron chi connectivity index (χ0n) is 18.7. The number of amides is 2. The average Bonchev–Trinajstić information content (AvgIpc) is 2.79. The monoisotopic (exact) mass is 426 g/mol. The van der Waals surface area contributed by atoms with E-state index in [4.69, 9.17) is 0 Å². The highest BCUT2D eigenvalue weighted by atomic mass is 16.2. The van der Waals surface area contributed by atoms with Crippen molar-refractivity contribution >= 4 is 11.8 Å². The summed E-state index contributed by atoms with van der Waals surface area (Å²) < 4.78 is 0. The van der Waals surface area contributed by atoms with Gasteiger partial charge in [0.05, 0.1) is 12.1 Å². The lowest BCUT2D eigenvalue weighted by Crippen LogP contribution is -2.39. The first-order valence-electron chi connectivity index (χ1n) is 11.3. The fourth-order valence-electron chi connectivity index (χ4n) is 4.54. The summed E-state index contributed by atoms with van der Waals surface area (Å²) in [7, 11) is 0. The molecule has 2 N–H and O–H groups in total. The molecule has 4 bridgehead atoms. The third kappa shape index (κ3) is 5.25. The lowest BCUT2D eigenvalue weighted by Gasteiger charge is -2.29. The number of carbonyl (C=O) groups is 2. The van der Waals surface area contributed by atoms with E-state index in [9.17, 15) is 9.59 Å². The summed E-state index contributed by atoms with van der Waals surface area (Å²) in [6, 6.07) is 24.8. The molecule has 0 saturated carbocycles. The molecule has 2 amide bonds. The Morgan fingerprint density at radius 1 is 0.594 bits per heavy atom. The summed E-state index contributed by atoms with van der Waals surface area (Å²) in [4.78, 5) is 24.1. The van der Waals surface area contributed by atoms with Crippen LogP contribution in [-0.4, -0.2) is 11.8 Å². The van der Waals surface area contributed by atoms with E-state index in [-0.39, 0.29) is 23.9 Å². The first-order valence-corrected chi connectivity index (χ1v) is 11.3. The molecule has 32 heavy (non-hydrogen) atoms. The van der Waals surface area contributed by atoms with E-state index in [1.807, 2.05) is 0 Å². The summed E-state index contributed by atoms with van der Waals surface area (Å²) >= 11 is 0. The van der Waals surface area contributed by atoms with Gasteiger partial charge in [0.2, 0.25) is 11.8 Å². The molecule has 4 heteroatoms. The SMILES string of the molecule is CC(=O)N[C@H]1c2ccc(cc2)CCc2ccccc2CCc2ccc(cc2)[C@@H]1NC(C)=O. The van der Waals surface area contributed by atoms with Crippen LogP contribution in [0.5, 0.6) is 0 Å². The van der Waals surface area contributed by atoms with Crippen molar-refractivity contribution in [3.63, 3.8) is 0 Å². The molecule has 4 nitrogen and oxygen atoms in total. The largest absolute Gasteiger partial charge is 0.347 e. The molecule has 0 saturated heterocycles. The summed E-state index contributed by atoms with van der Waals surface area (Å²) in [5.41, 5.74) is 7.27. The number of hydrogen-bond acceptors (Lipinski definition) is 2. The molecular formula is C28H30N2O2. The van der Waals surface area contributed by atoms with Crippen LogP contribution in [-0.2, 0) is 35.3 Å². The molecule has 0 aromatic heterocycles. The molecule has 164 valence electrons. The molecule has 4 aliphatic rings. The van der Waals surface area contributed by atoms with E-state index in [1.54, 1.807) is 0 Å². The minimum atomic E-state index is -0.357. The van der Waals surface area contributed by atoms with Crippen LogP contribution >= 0.6 is 0 Å². The molecule has 0 heterocycles. The number of carbonyl (C=O) groups excluding carboxylic acids is 2. The van der Waals surface area contributed by atoms with Gasteiger partial charge in [-0.05, 0) is 59.1 Å². The zero-order valence-corrected chi connectivity index (χ0v) is 18.7. The first kappa shape index (κ1) is 21.8. The quantitative estimate of drug-likeness (QED) is 0.628. The smallest absolute Gasteiger partial charge is 0.217 e. The van der Waals surface area contributed by atoms with Gasteiger partial charge in [0.1, 0.15) is 0 Å². The van der Waals surface area contributed by atoms with E-state index < -0.39 is 0 Å². The van der Waals surface area contributed by atoms with Crippen LogP contribution in [0.25, 0.3) is 0 Å². The van der Waals surface area contributed by atoms with Gasteiger partial charge in [0, 0.05) is 13.8 Å². The molecule has 3 aromatic carbocycles. The maximum Gasteiger partial charge on any atom is 0.217 e. The van der Waals surface area contributed by atoms with Crippen LogP contribution in [0.1, 0.15) is 59.3 Å². The van der Waals surface area contributed by atoms with Crippen LogP contribution in [0, 0.1) is 0 Å².